The van der Waals surface area contributed by atoms with Crippen LogP contribution in [0.15, 0.2) is 22.7 Å². The number of hydrogen-bond donors (Lipinski definition) is 1. The standard InChI is InChI=1S/C14H18BrNO3/c1-9-5-11(3-4-13(9)15)14(18)16-6-10(2)19-12(7-16)8-17/h3-5,10,12,17H,6-8H2,1-2H3. The minimum Gasteiger partial charge on any atom is -0.394 e. The van der Waals surface area contributed by atoms with Gasteiger partial charge in [-0.2, -0.15) is 0 Å². The van der Waals surface area contributed by atoms with Gasteiger partial charge in [0, 0.05) is 23.1 Å². The van der Waals surface area contributed by atoms with Gasteiger partial charge in [0.1, 0.15) is 0 Å². The van der Waals surface area contributed by atoms with Gasteiger partial charge < -0.3 is 14.7 Å². The van der Waals surface area contributed by atoms with Gasteiger partial charge >= 0.3 is 0 Å². The SMILES string of the molecule is Cc1cc(C(=O)N2CC(C)OC(CO)C2)ccc1Br. The van der Waals surface area contributed by atoms with Crippen LogP contribution < -0.4 is 0 Å². The van der Waals surface area contributed by atoms with E-state index in [1.807, 2.05) is 32.0 Å². The zero-order valence-corrected chi connectivity index (χ0v) is 12.7. The summed E-state index contributed by atoms with van der Waals surface area (Å²) in [5.41, 5.74) is 1.71. The smallest absolute Gasteiger partial charge is 0.254 e. The summed E-state index contributed by atoms with van der Waals surface area (Å²) in [5.74, 6) is -0.01000. The fourth-order valence-corrected chi connectivity index (χ4v) is 2.52. The van der Waals surface area contributed by atoms with Gasteiger partial charge in [-0.1, -0.05) is 15.9 Å². The van der Waals surface area contributed by atoms with Crippen LogP contribution in [0.2, 0.25) is 0 Å². The Morgan fingerprint density at radius 1 is 1.53 bits per heavy atom. The van der Waals surface area contributed by atoms with Crippen molar-refractivity contribution in [2.45, 2.75) is 26.1 Å². The number of aryl methyl sites for hydroxylation is 1. The molecular formula is C14H18BrNO3. The number of rotatable bonds is 2. The van der Waals surface area contributed by atoms with Crippen molar-refractivity contribution in [2.75, 3.05) is 19.7 Å². The van der Waals surface area contributed by atoms with Crippen LogP contribution in [-0.4, -0.2) is 47.8 Å². The van der Waals surface area contributed by atoms with Crippen LogP contribution in [0.4, 0.5) is 0 Å². The first-order valence-corrected chi connectivity index (χ1v) is 7.12. The van der Waals surface area contributed by atoms with E-state index in [0.717, 1.165) is 10.0 Å². The molecule has 1 aliphatic heterocycles. The molecule has 1 amide bonds. The van der Waals surface area contributed by atoms with E-state index in [-0.39, 0.29) is 24.7 Å². The molecular weight excluding hydrogens is 310 g/mol. The van der Waals surface area contributed by atoms with Crippen LogP contribution >= 0.6 is 15.9 Å². The van der Waals surface area contributed by atoms with Crippen LogP contribution in [0.3, 0.4) is 0 Å². The summed E-state index contributed by atoms with van der Waals surface area (Å²) in [6.07, 6.45) is -0.337. The molecule has 4 nitrogen and oxygen atoms in total. The summed E-state index contributed by atoms with van der Waals surface area (Å²) in [5, 5.41) is 9.19. The van der Waals surface area contributed by atoms with E-state index in [4.69, 9.17) is 4.74 Å². The number of hydrogen-bond acceptors (Lipinski definition) is 3. The lowest BCUT2D eigenvalue weighted by Crippen LogP contribution is -2.50. The predicted molar refractivity (Wildman–Crippen MR) is 76.2 cm³/mol. The molecule has 1 fully saturated rings. The Balaban J connectivity index is 2.16. The molecule has 1 aromatic rings. The number of aliphatic hydroxyl groups excluding tert-OH is 1. The van der Waals surface area contributed by atoms with E-state index >= 15 is 0 Å². The number of benzene rings is 1. The number of amides is 1. The van der Waals surface area contributed by atoms with Crippen LogP contribution in [0.5, 0.6) is 0 Å². The maximum Gasteiger partial charge on any atom is 0.254 e. The third-order valence-electron chi connectivity index (χ3n) is 3.22. The minimum absolute atomic E-state index is 0.01000. The van der Waals surface area contributed by atoms with Crippen LogP contribution in [0.1, 0.15) is 22.8 Å². The summed E-state index contributed by atoms with van der Waals surface area (Å²) >= 11 is 3.43. The highest BCUT2D eigenvalue weighted by molar-refractivity contribution is 9.10. The monoisotopic (exact) mass is 327 g/mol. The summed E-state index contributed by atoms with van der Waals surface area (Å²) in [6.45, 7) is 4.81. The Kier molecular flexibility index (Phi) is 4.60. The zero-order valence-electron chi connectivity index (χ0n) is 11.1. The molecule has 104 valence electrons. The van der Waals surface area contributed by atoms with Crippen molar-refractivity contribution in [1.82, 2.24) is 4.90 Å². The van der Waals surface area contributed by atoms with E-state index in [9.17, 15) is 9.90 Å². The van der Waals surface area contributed by atoms with E-state index in [0.29, 0.717) is 18.7 Å². The Morgan fingerprint density at radius 2 is 2.26 bits per heavy atom. The molecule has 0 radical (unpaired) electrons. The van der Waals surface area contributed by atoms with E-state index < -0.39 is 0 Å². The van der Waals surface area contributed by atoms with Crippen molar-refractivity contribution in [1.29, 1.82) is 0 Å². The van der Waals surface area contributed by atoms with Gasteiger partial charge in [-0.25, -0.2) is 0 Å². The topological polar surface area (TPSA) is 49.8 Å². The number of carbonyl (C=O) groups is 1. The lowest BCUT2D eigenvalue weighted by molar-refractivity contribution is -0.0858. The predicted octanol–water partition coefficient (Wildman–Crippen LogP) is 1.98. The maximum atomic E-state index is 12.4. The molecule has 1 N–H and O–H groups in total. The van der Waals surface area contributed by atoms with Crippen molar-refractivity contribution in [2.24, 2.45) is 0 Å². The molecule has 0 aromatic heterocycles. The molecule has 0 saturated carbocycles. The second-order valence-electron chi connectivity index (χ2n) is 4.93. The molecule has 1 aliphatic rings. The lowest BCUT2D eigenvalue weighted by atomic mass is 10.1. The van der Waals surface area contributed by atoms with Crippen molar-refractivity contribution < 1.29 is 14.6 Å². The van der Waals surface area contributed by atoms with Gasteiger partial charge in [0.05, 0.1) is 18.8 Å². The summed E-state index contributed by atoms with van der Waals surface area (Å²) in [6, 6.07) is 5.57. The Bertz CT molecular complexity index is 478. The fourth-order valence-electron chi connectivity index (χ4n) is 2.27. The van der Waals surface area contributed by atoms with Crippen LogP contribution in [0.25, 0.3) is 0 Å². The lowest BCUT2D eigenvalue weighted by Gasteiger charge is -2.36. The highest BCUT2D eigenvalue weighted by atomic mass is 79.9. The summed E-state index contributed by atoms with van der Waals surface area (Å²) in [7, 11) is 0. The van der Waals surface area contributed by atoms with Gasteiger partial charge in [-0.05, 0) is 37.6 Å². The first-order valence-electron chi connectivity index (χ1n) is 6.33. The van der Waals surface area contributed by atoms with E-state index in [1.165, 1.54) is 0 Å². The molecule has 1 heterocycles. The van der Waals surface area contributed by atoms with E-state index in [1.54, 1.807) is 4.90 Å². The average Bonchev–Trinajstić information content (AvgIpc) is 2.40. The second kappa shape index (κ2) is 6.03. The second-order valence-corrected chi connectivity index (χ2v) is 5.78. The third-order valence-corrected chi connectivity index (χ3v) is 4.11. The Labute approximate surface area is 121 Å². The van der Waals surface area contributed by atoms with Gasteiger partial charge in [-0.3, -0.25) is 4.79 Å². The normalized spacial score (nSPS) is 23.5. The highest BCUT2D eigenvalue weighted by Crippen LogP contribution is 2.20. The van der Waals surface area contributed by atoms with Crippen LogP contribution in [-0.2, 0) is 4.74 Å². The van der Waals surface area contributed by atoms with E-state index in [2.05, 4.69) is 15.9 Å². The van der Waals surface area contributed by atoms with Gasteiger partial charge in [0.15, 0.2) is 0 Å². The van der Waals surface area contributed by atoms with Gasteiger partial charge in [-0.15, -0.1) is 0 Å². The minimum atomic E-state index is -0.288. The molecule has 2 rings (SSSR count). The first kappa shape index (κ1) is 14.5. The Hall–Kier alpha value is -0.910. The first-order chi connectivity index (χ1) is 9.01. The molecule has 0 bridgehead atoms. The van der Waals surface area contributed by atoms with Crippen molar-refractivity contribution in [3.05, 3.63) is 33.8 Å². The number of carbonyl (C=O) groups excluding carboxylic acids is 1. The molecule has 1 saturated heterocycles. The number of morpholine rings is 1. The Morgan fingerprint density at radius 3 is 2.89 bits per heavy atom. The number of nitrogens with zero attached hydrogens (tertiary/aromatic N) is 1. The number of aliphatic hydroxyl groups is 1. The fraction of sp³-hybridized carbons (Fsp3) is 0.500. The van der Waals surface area contributed by atoms with Crippen molar-refractivity contribution >= 4 is 21.8 Å². The van der Waals surface area contributed by atoms with Crippen molar-refractivity contribution in [3.63, 3.8) is 0 Å². The molecule has 0 spiro atoms. The molecule has 19 heavy (non-hydrogen) atoms. The molecule has 5 heteroatoms. The summed E-state index contributed by atoms with van der Waals surface area (Å²) < 4.78 is 6.54. The average molecular weight is 328 g/mol. The molecule has 2 unspecified atom stereocenters. The molecule has 1 aromatic carbocycles. The largest absolute Gasteiger partial charge is 0.394 e. The molecule has 0 aliphatic carbocycles. The quantitative estimate of drug-likeness (QED) is 0.903. The van der Waals surface area contributed by atoms with Gasteiger partial charge in [0.2, 0.25) is 0 Å². The highest BCUT2D eigenvalue weighted by Gasteiger charge is 2.28. The summed E-state index contributed by atoms with van der Waals surface area (Å²) in [4.78, 5) is 14.2. The molecule has 2 atom stereocenters. The number of halogens is 1. The number of ether oxygens (including phenoxy) is 1. The van der Waals surface area contributed by atoms with Crippen LogP contribution in [0, 0.1) is 6.92 Å². The maximum absolute atomic E-state index is 12.4. The third kappa shape index (κ3) is 3.35. The van der Waals surface area contributed by atoms with Gasteiger partial charge in [0.25, 0.3) is 5.91 Å². The van der Waals surface area contributed by atoms with Crippen molar-refractivity contribution in [3.8, 4) is 0 Å². The zero-order chi connectivity index (χ0) is 14.0.